The highest BCUT2D eigenvalue weighted by molar-refractivity contribution is 7.99. The average molecular weight is 366 g/mol. The summed E-state index contributed by atoms with van der Waals surface area (Å²) in [5.41, 5.74) is 0.357. The third kappa shape index (κ3) is 5.05. The fraction of sp³-hybridized carbons (Fsp3) is 0.312. The standard InChI is InChI=1S/C16H18N2O4S2/c1-11-14(20)17-16(23)18(10-21-8-9-22-12(2)19)15(11)24-13-6-4-3-5-7-13/h3-7H,8-10H2,1-2H3,(H,17,20,23). The van der Waals surface area contributed by atoms with Crippen LogP contribution >= 0.6 is 24.0 Å². The molecule has 0 amide bonds. The summed E-state index contributed by atoms with van der Waals surface area (Å²) >= 11 is 6.70. The van der Waals surface area contributed by atoms with E-state index in [2.05, 4.69) is 4.98 Å². The van der Waals surface area contributed by atoms with E-state index in [1.54, 1.807) is 11.5 Å². The van der Waals surface area contributed by atoms with Crippen molar-refractivity contribution in [1.82, 2.24) is 9.55 Å². The van der Waals surface area contributed by atoms with Gasteiger partial charge in [0, 0.05) is 17.4 Å². The molecule has 8 heteroatoms. The molecule has 0 bridgehead atoms. The molecule has 0 radical (unpaired) electrons. The molecule has 128 valence electrons. The first-order valence-electron chi connectivity index (χ1n) is 7.26. The van der Waals surface area contributed by atoms with Crippen LogP contribution in [0.5, 0.6) is 0 Å². The number of hydrogen-bond donors (Lipinski definition) is 1. The minimum absolute atomic E-state index is 0.160. The van der Waals surface area contributed by atoms with Gasteiger partial charge in [0.2, 0.25) is 0 Å². The normalized spacial score (nSPS) is 10.6. The van der Waals surface area contributed by atoms with E-state index in [4.69, 9.17) is 21.7 Å². The number of carbonyl (C=O) groups is 1. The minimum Gasteiger partial charge on any atom is -0.463 e. The van der Waals surface area contributed by atoms with E-state index in [0.717, 1.165) is 9.92 Å². The smallest absolute Gasteiger partial charge is 0.302 e. The van der Waals surface area contributed by atoms with Crippen molar-refractivity contribution in [2.45, 2.75) is 30.5 Å². The molecule has 2 aromatic rings. The molecular formula is C16H18N2O4S2. The van der Waals surface area contributed by atoms with Gasteiger partial charge in [0.05, 0.1) is 11.6 Å². The molecule has 1 aromatic carbocycles. The van der Waals surface area contributed by atoms with Crippen LogP contribution < -0.4 is 5.56 Å². The van der Waals surface area contributed by atoms with Crippen LogP contribution in [0.2, 0.25) is 0 Å². The van der Waals surface area contributed by atoms with Gasteiger partial charge in [-0.1, -0.05) is 30.0 Å². The minimum atomic E-state index is -0.351. The molecular weight excluding hydrogens is 348 g/mol. The maximum atomic E-state index is 12.0. The van der Waals surface area contributed by atoms with Crippen LogP contribution in [0.1, 0.15) is 12.5 Å². The zero-order valence-corrected chi connectivity index (χ0v) is 15.0. The number of benzene rings is 1. The summed E-state index contributed by atoms with van der Waals surface area (Å²) in [7, 11) is 0. The third-order valence-corrected chi connectivity index (χ3v) is 4.63. The highest BCUT2D eigenvalue weighted by Gasteiger charge is 2.11. The van der Waals surface area contributed by atoms with Crippen molar-refractivity contribution in [3.8, 4) is 0 Å². The van der Waals surface area contributed by atoms with Crippen molar-refractivity contribution in [1.29, 1.82) is 0 Å². The van der Waals surface area contributed by atoms with E-state index in [0.29, 0.717) is 5.56 Å². The maximum absolute atomic E-state index is 12.0. The number of H-pyrrole nitrogens is 1. The summed E-state index contributed by atoms with van der Waals surface area (Å²) in [5, 5.41) is 0.724. The van der Waals surface area contributed by atoms with Gasteiger partial charge in [0.15, 0.2) is 4.77 Å². The van der Waals surface area contributed by atoms with Crippen molar-refractivity contribution in [3.05, 3.63) is 51.0 Å². The predicted octanol–water partition coefficient (Wildman–Crippen LogP) is 2.90. The van der Waals surface area contributed by atoms with E-state index in [9.17, 15) is 9.59 Å². The molecule has 1 N–H and O–H groups in total. The largest absolute Gasteiger partial charge is 0.463 e. The second kappa shape index (κ2) is 8.81. The van der Waals surface area contributed by atoms with E-state index in [1.165, 1.54) is 18.7 Å². The Labute approximate surface area is 148 Å². The lowest BCUT2D eigenvalue weighted by Crippen LogP contribution is -2.20. The average Bonchev–Trinajstić information content (AvgIpc) is 2.55. The van der Waals surface area contributed by atoms with Crippen molar-refractivity contribution >= 4 is 29.9 Å². The molecule has 1 aromatic heterocycles. The van der Waals surface area contributed by atoms with E-state index >= 15 is 0 Å². The second-order valence-electron chi connectivity index (χ2n) is 4.91. The molecule has 2 rings (SSSR count). The van der Waals surface area contributed by atoms with Gasteiger partial charge in [-0.25, -0.2) is 0 Å². The Balaban J connectivity index is 2.19. The van der Waals surface area contributed by atoms with Gasteiger partial charge < -0.3 is 9.47 Å². The summed E-state index contributed by atoms with van der Waals surface area (Å²) < 4.78 is 12.3. The molecule has 24 heavy (non-hydrogen) atoms. The predicted molar refractivity (Wildman–Crippen MR) is 93.8 cm³/mol. The first-order chi connectivity index (χ1) is 11.5. The van der Waals surface area contributed by atoms with Crippen molar-refractivity contribution < 1.29 is 14.3 Å². The van der Waals surface area contributed by atoms with Gasteiger partial charge in [0.1, 0.15) is 13.3 Å². The summed E-state index contributed by atoms with van der Waals surface area (Å²) in [4.78, 5) is 26.4. The van der Waals surface area contributed by atoms with E-state index < -0.39 is 0 Å². The Morgan fingerprint density at radius 2 is 2.00 bits per heavy atom. The van der Waals surface area contributed by atoms with Crippen LogP contribution in [0.4, 0.5) is 0 Å². The van der Waals surface area contributed by atoms with E-state index in [-0.39, 0.29) is 36.2 Å². The number of nitrogens with zero attached hydrogens (tertiary/aromatic N) is 1. The molecule has 0 aliphatic heterocycles. The number of aromatic nitrogens is 2. The zero-order valence-electron chi connectivity index (χ0n) is 13.4. The van der Waals surface area contributed by atoms with Crippen LogP contribution in [0.25, 0.3) is 0 Å². The summed E-state index contributed by atoms with van der Waals surface area (Å²) in [6.45, 7) is 3.66. The lowest BCUT2D eigenvalue weighted by atomic mass is 10.4. The highest BCUT2D eigenvalue weighted by atomic mass is 32.2. The van der Waals surface area contributed by atoms with Crippen molar-refractivity contribution in [2.75, 3.05) is 13.2 Å². The Morgan fingerprint density at radius 3 is 2.67 bits per heavy atom. The van der Waals surface area contributed by atoms with Gasteiger partial charge in [-0.2, -0.15) is 0 Å². The highest BCUT2D eigenvalue weighted by Crippen LogP contribution is 2.28. The van der Waals surface area contributed by atoms with Crippen molar-refractivity contribution in [2.24, 2.45) is 0 Å². The number of rotatable bonds is 7. The van der Waals surface area contributed by atoms with Crippen molar-refractivity contribution in [3.63, 3.8) is 0 Å². The lowest BCUT2D eigenvalue weighted by molar-refractivity contribution is -0.142. The first-order valence-corrected chi connectivity index (χ1v) is 8.49. The fourth-order valence-corrected chi connectivity index (χ4v) is 3.21. The molecule has 1 heterocycles. The number of aromatic amines is 1. The van der Waals surface area contributed by atoms with Crippen LogP contribution in [-0.2, 0) is 21.0 Å². The van der Waals surface area contributed by atoms with Crippen LogP contribution in [0.3, 0.4) is 0 Å². The van der Waals surface area contributed by atoms with Gasteiger partial charge >= 0.3 is 5.97 Å². The molecule has 0 aliphatic carbocycles. The van der Waals surface area contributed by atoms with Crippen LogP contribution in [0.15, 0.2) is 45.0 Å². The molecule has 0 atom stereocenters. The number of hydrogen-bond acceptors (Lipinski definition) is 6. The Morgan fingerprint density at radius 1 is 1.29 bits per heavy atom. The SMILES string of the molecule is CC(=O)OCCOCn1c(Sc2ccccc2)c(C)c(=O)[nH]c1=S. The van der Waals surface area contributed by atoms with Gasteiger partial charge in [-0.15, -0.1) is 0 Å². The quantitative estimate of drug-likeness (QED) is 0.352. The molecule has 6 nitrogen and oxygen atoms in total. The second-order valence-corrected chi connectivity index (χ2v) is 6.36. The molecule has 0 fully saturated rings. The first kappa shape index (κ1) is 18.4. The summed E-state index contributed by atoms with van der Waals surface area (Å²) in [5.74, 6) is -0.351. The Bertz CT molecular complexity index is 815. The number of nitrogens with one attached hydrogen (secondary N) is 1. The maximum Gasteiger partial charge on any atom is 0.302 e. The fourth-order valence-electron chi connectivity index (χ4n) is 1.90. The molecule has 0 saturated carbocycles. The van der Waals surface area contributed by atoms with Gasteiger partial charge in [0.25, 0.3) is 5.56 Å². The van der Waals surface area contributed by atoms with Gasteiger partial charge in [-0.05, 0) is 31.3 Å². The number of esters is 1. The third-order valence-electron chi connectivity index (χ3n) is 3.08. The van der Waals surface area contributed by atoms with Crippen LogP contribution in [-0.4, -0.2) is 28.7 Å². The summed E-state index contributed by atoms with van der Waals surface area (Å²) in [6, 6.07) is 9.71. The van der Waals surface area contributed by atoms with Crippen LogP contribution in [0, 0.1) is 11.7 Å². The topological polar surface area (TPSA) is 73.3 Å². The Hall–Kier alpha value is -1.90. The molecule has 0 unspecified atom stereocenters. The summed E-state index contributed by atoms with van der Waals surface area (Å²) in [6.07, 6.45) is 0. The lowest BCUT2D eigenvalue weighted by Gasteiger charge is -2.15. The van der Waals surface area contributed by atoms with Gasteiger partial charge in [-0.3, -0.25) is 19.1 Å². The van der Waals surface area contributed by atoms with E-state index in [1.807, 2.05) is 30.3 Å². The zero-order chi connectivity index (χ0) is 17.5. The Kier molecular flexibility index (Phi) is 6.77. The molecule has 0 aliphatic rings. The monoisotopic (exact) mass is 366 g/mol. The molecule has 0 saturated heterocycles. The number of carbonyl (C=O) groups excluding carboxylic acids is 1. The number of ether oxygens (including phenoxy) is 2. The molecule has 0 spiro atoms.